The van der Waals surface area contributed by atoms with Crippen molar-refractivity contribution in [3.05, 3.63) is 29.1 Å². The number of hydrogen-bond donors (Lipinski definition) is 0. The molecule has 0 heterocycles. The van der Waals surface area contributed by atoms with Crippen molar-refractivity contribution in [1.29, 1.82) is 0 Å². The smallest absolute Gasteiger partial charge is 0.375 e. The van der Waals surface area contributed by atoms with Gasteiger partial charge in [0.25, 0.3) is 0 Å². The summed E-state index contributed by atoms with van der Waals surface area (Å²) in [6.45, 7) is 1.50. The molecule has 0 saturated heterocycles. The van der Waals surface area contributed by atoms with Crippen LogP contribution in [0.25, 0.3) is 0 Å². The lowest BCUT2D eigenvalue weighted by Crippen LogP contribution is -2.16. The Morgan fingerprint density at radius 2 is 1.67 bits per heavy atom. The van der Waals surface area contributed by atoms with Crippen LogP contribution in [0.5, 0.6) is 0 Å². The number of alkyl halides is 3. The SMILES string of the molecule is Cc1cc(N(C)C)c(F)c(C(F)(F)F)c1. The molecule has 0 bridgehead atoms. The van der Waals surface area contributed by atoms with Crippen LogP contribution in [-0.4, -0.2) is 14.1 Å². The Labute approximate surface area is 85.3 Å². The van der Waals surface area contributed by atoms with Gasteiger partial charge < -0.3 is 4.90 Å². The molecule has 0 fully saturated rings. The molecule has 1 aromatic rings. The summed E-state index contributed by atoms with van der Waals surface area (Å²) in [6.07, 6.45) is -4.65. The molecule has 0 N–H and O–H groups in total. The van der Waals surface area contributed by atoms with Gasteiger partial charge in [-0.25, -0.2) is 4.39 Å². The van der Waals surface area contributed by atoms with E-state index in [0.29, 0.717) is 5.56 Å². The molecule has 5 heteroatoms. The number of aryl methyl sites for hydroxylation is 1. The minimum absolute atomic E-state index is 0.0534. The maximum Gasteiger partial charge on any atom is 0.419 e. The zero-order chi connectivity index (χ0) is 11.8. The lowest BCUT2D eigenvalue weighted by molar-refractivity contribution is -0.139. The first-order chi connectivity index (χ1) is 6.73. The topological polar surface area (TPSA) is 3.24 Å². The molecule has 0 aliphatic rings. The highest BCUT2D eigenvalue weighted by Gasteiger charge is 2.35. The molecule has 0 aliphatic heterocycles. The third kappa shape index (κ3) is 2.40. The maximum atomic E-state index is 13.4. The molecule has 0 aliphatic carbocycles. The molecule has 0 amide bonds. The van der Waals surface area contributed by atoms with Gasteiger partial charge in [0.1, 0.15) is 0 Å². The van der Waals surface area contributed by atoms with Crippen LogP contribution in [0.15, 0.2) is 12.1 Å². The zero-order valence-electron chi connectivity index (χ0n) is 8.61. The van der Waals surface area contributed by atoms with Gasteiger partial charge in [0.15, 0.2) is 5.82 Å². The Morgan fingerprint density at radius 1 is 1.13 bits per heavy atom. The van der Waals surface area contributed by atoms with Crippen molar-refractivity contribution in [2.24, 2.45) is 0 Å². The highest BCUT2D eigenvalue weighted by Crippen LogP contribution is 2.35. The quantitative estimate of drug-likeness (QED) is 0.658. The Kier molecular flexibility index (Phi) is 2.93. The Bertz CT molecular complexity index is 368. The fourth-order valence-electron chi connectivity index (χ4n) is 1.28. The minimum Gasteiger partial charge on any atom is -0.375 e. The van der Waals surface area contributed by atoms with E-state index in [1.807, 2.05) is 0 Å². The summed E-state index contributed by atoms with van der Waals surface area (Å²) in [6, 6.07) is 2.19. The van der Waals surface area contributed by atoms with E-state index in [9.17, 15) is 17.6 Å². The van der Waals surface area contributed by atoms with E-state index in [0.717, 1.165) is 6.07 Å². The standard InChI is InChI=1S/C10H11F4N/c1-6-4-7(10(12,13)14)9(11)8(5-6)15(2)3/h4-5H,1-3H3. The summed E-state index contributed by atoms with van der Waals surface area (Å²) in [5.74, 6) is -1.22. The van der Waals surface area contributed by atoms with Gasteiger partial charge in [-0.1, -0.05) is 0 Å². The first kappa shape index (κ1) is 11.8. The van der Waals surface area contributed by atoms with E-state index in [-0.39, 0.29) is 5.69 Å². The van der Waals surface area contributed by atoms with E-state index in [4.69, 9.17) is 0 Å². The summed E-state index contributed by atoms with van der Waals surface area (Å²) >= 11 is 0. The summed E-state index contributed by atoms with van der Waals surface area (Å²) in [4.78, 5) is 1.32. The van der Waals surface area contributed by atoms with Crippen LogP contribution in [0, 0.1) is 12.7 Å². The van der Waals surface area contributed by atoms with Gasteiger partial charge in [-0.05, 0) is 24.6 Å². The van der Waals surface area contributed by atoms with Crippen molar-refractivity contribution < 1.29 is 17.6 Å². The van der Waals surface area contributed by atoms with E-state index in [2.05, 4.69) is 0 Å². The lowest BCUT2D eigenvalue weighted by atomic mass is 10.1. The molecule has 0 aromatic heterocycles. The average Bonchev–Trinajstić information content (AvgIpc) is 2.06. The van der Waals surface area contributed by atoms with Crippen LogP contribution in [0.3, 0.4) is 0 Å². The van der Waals surface area contributed by atoms with Gasteiger partial charge in [0, 0.05) is 14.1 Å². The molecule has 0 spiro atoms. The van der Waals surface area contributed by atoms with Gasteiger partial charge in [-0.3, -0.25) is 0 Å². The van der Waals surface area contributed by atoms with Crippen molar-refractivity contribution in [2.45, 2.75) is 13.1 Å². The molecule has 1 aromatic carbocycles. The van der Waals surface area contributed by atoms with Crippen molar-refractivity contribution in [2.75, 3.05) is 19.0 Å². The average molecular weight is 221 g/mol. The predicted octanol–water partition coefficient (Wildman–Crippen LogP) is 3.22. The molecule has 0 radical (unpaired) electrons. The number of rotatable bonds is 1. The largest absolute Gasteiger partial charge is 0.419 e. The highest BCUT2D eigenvalue weighted by molar-refractivity contribution is 5.52. The van der Waals surface area contributed by atoms with Crippen molar-refractivity contribution >= 4 is 5.69 Å². The van der Waals surface area contributed by atoms with Crippen LogP contribution in [0.1, 0.15) is 11.1 Å². The van der Waals surface area contributed by atoms with Crippen molar-refractivity contribution in [3.63, 3.8) is 0 Å². The third-order valence-electron chi connectivity index (χ3n) is 1.98. The second-order valence-electron chi connectivity index (χ2n) is 3.54. The number of nitrogens with zero attached hydrogens (tertiary/aromatic N) is 1. The fraction of sp³-hybridized carbons (Fsp3) is 0.400. The number of halogens is 4. The zero-order valence-corrected chi connectivity index (χ0v) is 8.61. The summed E-state index contributed by atoms with van der Waals surface area (Å²) < 4.78 is 50.7. The third-order valence-corrected chi connectivity index (χ3v) is 1.98. The number of anilines is 1. The minimum atomic E-state index is -4.65. The van der Waals surface area contributed by atoms with Gasteiger partial charge >= 0.3 is 6.18 Å². The van der Waals surface area contributed by atoms with Gasteiger partial charge in [0.2, 0.25) is 0 Å². The second kappa shape index (κ2) is 3.72. The Morgan fingerprint density at radius 3 is 2.07 bits per heavy atom. The molecule has 0 unspecified atom stereocenters. The molecule has 1 rings (SSSR count). The van der Waals surface area contributed by atoms with Crippen LogP contribution < -0.4 is 4.90 Å². The number of benzene rings is 1. The summed E-state index contributed by atoms with van der Waals surface area (Å²) in [7, 11) is 3.00. The first-order valence-electron chi connectivity index (χ1n) is 4.28. The molecule has 0 atom stereocenters. The van der Waals surface area contributed by atoms with E-state index < -0.39 is 17.6 Å². The molecular formula is C10H11F4N. The molecular weight excluding hydrogens is 210 g/mol. The van der Waals surface area contributed by atoms with Crippen LogP contribution >= 0.6 is 0 Å². The summed E-state index contributed by atoms with van der Waals surface area (Å²) in [5.41, 5.74) is -0.888. The molecule has 84 valence electrons. The van der Waals surface area contributed by atoms with Crippen LogP contribution in [0.4, 0.5) is 23.2 Å². The van der Waals surface area contributed by atoms with E-state index >= 15 is 0 Å². The molecule has 1 nitrogen and oxygen atoms in total. The van der Waals surface area contributed by atoms with Gasteiger partial charge in [0.05, 0.1) is 11.3 Å². The predicted molar refractivity (Wildman–Crippen MR) is 50.5 cm³/mol. The second-order valence-corrected chi connectivity index (χ2v) is 3.54. The monoisotopic (exact) mass is 221 g/mol. The lowest BCUT2D eigenvalue weighted by Gasteiger charge is -2.18. The molecule has 15 heavy (non-hydrogen) atoms. The number of hydrogen-bond acceptors (Lipinski definition) is 1. The van der Waals surface area contributed by atoms with E-state index in [1.165, 1.54) is 32.0 Å². The molecule has 0 saturated carbocycles. The van der Waals surface area contributed by atoms with Crippen molar-refractivity contribution in [1.82, 2.24) is 0 Å². The Balaban J connectivity index is 3.42. The fourth-order valence-corrected chi connectivity index (χ4v) is 1.28. The van der Waals surface area contributed by atoms with Gasteiger partial charge in [-0.15, -0.1) is 0 Å². The van der Waals surface area contributed by atoms with Crippen LogP contribution in [-0.2, 0) is 6.18 Å². The van der Waals surface area contributed by atoms with Crippen LogP contribution in [0.2, 0.25) is 0 Å². The first-order valence-corrected chi connectivity index (χ1v) is 4.28. The van der Waals surface area contributed by atoms with E-state index in [1.54, 1.807) is 0 Å². The highest BCUT2D eigenvalue weighted by atomic mass is 19.4. The van der Waals surface area contributed by atoms with Gasteiger partial charge in [-0.2, -0.15) is 13.2 Å². The summed E-state index contributed by atoms with van der Waals surface area (Å²) in [5, 5.41) is 0. The Hall–Kier alpha value is -1.26. The normalized spacial score (nSPS) is 11.7. The van der Waals surface area contributed by atoms with Crippen molar-refractivity contribution in [3.8, 4) is 0 Å². The maximum absolute atomic E-state index is 13.4.